The average molecular weight is 476 g/mol. The molecular formula is C34H25N3. The maximum absolute atomic E-state index is 5.22. The molecule has 0 aliphatic carbocycles. The molecule has 0 atom stereocenters. The van der Waals surface area contributed by atoms with Crippen LogP contribution in [-0.2, 0) is 6.42 Å². The molecule has 0 spiro atoms. The molecule has 2 heterocycles. The Morgan fingerprint density at radius 2 is 1.19 bits per heavy atom. The van der Waals surface area contributed by atoms with Crippen molar-refractivity contribution in [2.24, 2.45) is 0 Å². The molecule has 0 aliphatic heterocycles. The molecule has 0 unspecified atom stereocenters. The molecular weight excluding hydrogens is 450 g/mol. The number of aromatic nitrogens is 3. The van der Waals surface area contributed by atoms with Gasteiger partial charge in [-0.05, 0) is 41.3 Å². The van der Waals surface area contributed by atoms with Gasteiger partial charge in [0.1, 0.15) is 0 Å². The summed E-state index contributed by atoms with van der Waals surface area (Å²) in [4.78, 5) is 10.3. The van der Waals surface area contributed by atoms with E-state index < -0.39 is 0 Å². The van der Waals surface area contributed by atoms with Crippen LogP contribution in [-0.4, -0.2) is 14.5 Å². The van der Waals surface area contributed by atoms with Crippen molar-refractivity contribution >= 4 is 32.7 Å². The smallest absolute Gasteiger partial charge is 0.235 e. The Labute approximate surface area is 215 Å². The number of rotatable bonds is 4. The van der Waals surface area contributed by atoms with Crippen molar-refractivity contribution < 1.29 is 0 Å². The highest BCUT2D eigenvalue weighted by Crippen LogP contribution is 2.34. The van der Waals surface area contributed by atoms with E-state index in [0.717, 1.165) is 39.6 Å². The summed E-state index contributed by atoms with van der Waals surface area (Å²) in [5.41, 5.74) is 8.91. The third kappa shape index (κ3) is 3.59. The SMILES string of the molecule is CCc1ccc2c3ccccc3n(-c3nc(-c4ccc(-c5ccccc5)cc4)c4ccccc4n3)c2c1. The van der Waals surface area contributed by atoms with Gasteiger partial charge in [0.2, 0.25) is 5.95 Å². The third-order valence-corrected chi connectivity index (χ3v) is 7.20. The summed E-state index contributed by atoms with van der Waals surface area (Å²) in [6.07, 6.45) is 0.981. The van der Waals surface area contributed by atoms with E-state index in [2.05, 4.69) is 121 Å². The summed E-state index contributed by atoms with van der Waals surface area (Å²) in [7, 11) is 0. The monoisotopic (exact) mass is 475 g/mol. The molecule has 7 rings (SSSR count). The van der Waals surface area contributed by atoms with Crippen molar-refractivity contribution in [2.75, 3.05) is 0 Å². The highest BCUT2D eigenvalue weighted by Gasteiger charge is 2.17. The molecule has 37 heavy (non-hydrogen) atoms. The Balaban J connectivity index is 1.48. The van der Waals surface area contributed by atoms with Crippen LogP contribution in [0.15, 0.2) is 121 Å². The topological polar surface area (TPSA) is 30.7 Å². The Morgan fingerprint density at radius 1 is 0.541 bits per heavy atom. The van der Waals surface area contributed by atoms with Gasteiger partial charge in [0.25, 0.3) is 0 Å². The first kappa shape index (κ1) is 21.5. The minimum atomic E-state index is 0.695. The number of nitrogens with zero attached hydrogens (tertiary/aromatic N) is 3. The van der Waals surface area contributed by atoms with Crippen molar-refractivity contribution in [3.63, 3.8) is 0 Å². The van der Waals surface area contributed by atoms with Crippen LogP contribution in [0.25, 0.3) is 61.0 Å². The van der Waals surface area contributed by atoms with Gasteiger partial charge in [-0.25, -0.2) is 9.97 Å². The van der Waals surface area contributed by atoms with E-state index in [1.807, 2.05) is 12.1 Å². The second kappa shape index (κ2) is 8.72. The molecule has 3 nitrogen and oxygen atoms in total. The lowest BCUT2D eigenvalue weighted by Gasteiger charge is -2.12. The Morgan fingerprint density at radius 3 is 2.00 bits per heavy atom. The van der Waals surface area contributed by atoms with Gasteiger partial charge in [-0.2, -0.15) is 0 Å². The molecule has 176 valence electrons. The molecule has 5 aromatic carbocycles. The second-order valence-electron chi connectivity index (χ2n) is 9.39. The van der Waals surface area contributed by atoms with E-state index in [4.69, 9.17) is 9.97 Å². The van der Waals surface area contributed by atoms with Gasteiger partial charge in [-0.1, -0.05) is 110 Å². The summed E-state index contributed by atoms with van der Waals surface area (Å²) < 4.78 is 2.22. The molecule has 0 amide bonds. The lowest BCUT2D eigenvalue weighted by molar-refractivity contribution is 1.01. The van der Waals surface area contributed by atoms with Crippen LogP contribution >= 0.6 is 0 Å². The normalized spacial score (nSPS) is 11.5. The first-order valence-corrected chi connectivity index (χ1v) is 12.8. The first-order chi connectivity index (χ1) is 18.3. The number of benzene rings is 5. The Hall–Kier alpha value is -4.76. The lowest BCUT2D eigenvalue weighted by atomic mass is 10.0. The quantitative estimate of drug-likeness (QED) is 0.255. The predicted octanol–water partition coefficient (Wildman–Crippen LogP) is 8.62. The van der Waals surface area contributed by atoms with E-state index in [1.54, 1.807) is 0 Å². The van der Waals surface area contributed by atoms with Crippen molar-refractivity contribution in [1.82, 2.24) is 14.5 Å². The number of para-hydroxylation sites is 2. The first-order valence-electron chi connectivity index (χ1n) is 12.8. The number of fused-ring (bicyclic) bond motifs is 4. The van der Waals surface area contributed by atoms with Crippen molar-refractivity contribution in [3.8, 4) is 28.3 Å². The lowest BCUT2D eigenvalue weighted by Crippen LogP contribution is -2.03. The van der Waals surface area contributed by atoms with Crippen molar-refractivity contribution in [3.05, 3.63) is 127 Å². The summed E-state index contributed by atoms with van der Waals surface area (Å²) in [6.45, 7) is 2.19. The minimum absolute atomic E-state index is 0.695. The highest BCUT2D eigenvalue weighted by atomic mass is 15.2. The maximum atomic E-state index is 5.22. The van der Waals surface area contributed by atoms with Gasteiger partial charge in [0, 0.05) is 21.7 Å². The second-order valence-corrected chi connectivity index (χ2v) is 9.39. The summed E-state index contributed by atoms with van der Waals surface area (Å²) in [5, 5.41) is 3.48. The Bertz CT molecular complexity index is 1900. The number of hydrogen-bond acceptors (Lipinski definition) is 2. The van der Waals surface area contributed by atoms with Crippen LogP contribution in [0.1, 0.15) is 12.5 Å². The van der Waals surface area contributed by atoms with Crippen LogP contribution in [0.5, 0.6) is 0 Å². The average Bonchev–Trinajstić information content (AvgIpc) is 3.30. The zero-order valence-corrected chi connectivity index (χ0v) is 20.6. The third-order valence-electron chi connectivity index (χ3n) is 7.20. The molecule has 0 N–H and O–H groups in total. The van der Waals surface area contributed by atoms with E-state index in [9.17, 15) is 0 Å². The standard InChI is InChI=1S/C34H25N3/c1-2-23-16-21-28-27-12-7-9-15-31(27)37(32(28)22-23)34-35-30-14-8-6-13-29(30)33(36-34)26-19-17-25(18-20-26)24-10-4-3-5-11-24/h3-22H,2H2,1H3. The van der Waals surface area contributed by atoms with Crippen molar-refractivity contribution in [2.45, 2.75) is 13.3 Å². The molecule has 0 fully saturated rings. The molecule has 0 saturated carbocycles. The molecule has 7 aromatic rings. The fraction of sp³-hybridized carbons (Fsp3) is 0.0588. The fourth-order valence-electron chi connectivity index (χ4n) is 5.29. The van der Waals surface area contributed by atoms with Crippen LogP contribution in [0, 0.1) is 0 Å². The zero-order valence-electron chi connectivity index (χ0n) is 20.6. The molecule has 2 aromatic heterocycles. The minimum Gasteiger partial charge on any atom is -0.278 e. The number of hydrogen-bond donors (Lipinski definition) is 0. The van der Waals surface area contributed by atoms with Crippen LogP contribution in [0.2, 0.25) is 0 Å². The van der Waals surface area contributed by atoms with Gasteiger partial charge in [-0.15, -0.1) is 0 Å². The zero-order chi connectivity index (χ0) is 24.8. The van der Waals surface area contributed by atoms with Crippen molar-refractivity contribution in [1.29, 1.82) is 0 Å². The van der Waals surface area contributed by atoms with Gasteiger partial charge < -0.3 is 0 Å². The highest BCUT2D eigenvalue weighted by molar-refractivity contribution is 6.09. The van der Waals surface area contributed by atoms with Gasteiger partial charge >= 0.3 is 0 Å². The van der Waals surface area contributed by atoms with Crippen LogP contribution in [0.3, 0.4) is 0 Å². The van der Waals surface area contributed by atoms with Crippen LogP contribution in [0.4, 0.5) is 0 Å². The largest absolute Gasteiger partial charge is 0.278 e. The van der Waals surface area contributed by atoms with E-state index >= 15 is 0 Å². The molecule has 0 aliphatic rings. The van der Waals surface area contributed by atoms with Gasteiger partial charge in [0.05, 0.1) is 22.2 Å². The molecule has 0 bridgehead atoms. The van der Waals surface area contributed by atoms with E-state index in [-0.39, 0.29) is 0 Å². The van der Waals surface area contributed by atoms with Crippen LogP contribution < -0.4 is 0 Å². The van der Waals surface area contributed by atoms with Gasteiger partial charge in [0.15, 0.2) is 0 Å². The molecule has 3 heteroatoms. The number of aryl methyl sites for hydroxylation is 1. The van der Waals surface area contributed by atoms with E-state index in [0.29, 0.717) is 5.95 Å². The van der Waals surface area contributed by atoms with E-state index in [1.165, 1.54) is 27.5 Å². The van der Waals surface area contributed by atoms with Gasteiger partial charge in [-0.3, -0.25) is 4.57 Å². The summed E-state index contributed by atoms with van der Waals surface area (Å²) in [5.74, 6) is 0.695. The molecule has 0 saturated heterocycles. The molecule has 0 radical (unpaired) electrons. The predicted molar refractivity (Wildman–Crippen MR) is 154 cm³/mol. The summed E-state index contributed by atoms with van der Waals surface area (Å²) in [6, 6.07) is 42.7. The maximum Gasteiger partial charge on any atom is 0.235 e. The fourth-order valence-corrected chi connectivity index (χ4v) is 5.29. The summed E-state index contributed by atoms with van der Waals surface area (Å²) >= 11 is 0. The Kier molecular flexibility index (Phi) is 5.07.